The molecule has 0 unspecified atom stereocenters. The number of rotatable bonds is 7. The Hall–Kier alpha value is -2.16. The first-order valence-electron chi connectivity index (χ1n) is 9.83. The molecule has 1 N–H and O–H groups in total. The third-order valence-electron chi connectivity index (χ3n) is 4.61. The van der Waals surface area contributed by atoms with Crippen LogP contribution in [-0.4, -0.2) is 34.2 Å². The molecule has 3 rings (SSSR count). The molecule has 2 amide bonds. The molecule has 1 aliphatic heterocycles. The lowest BCUT2D eigenvalue weighted by Gasteiger charge is -2.13. The molecular weight excluding hydrogens is 496 g/mol. The summed E-state index contributed by atoms with van der Waals surface area (Å²) in [6.07, 6.45) is 2.65. The van der Waals surface area contributed by atoms with E-state index >= 15 is 0 Å². The van der Waals surface area contributed by atoms with Crippen LogP contribution < -0.4 is 10.1 Å². The van der Waals surface area contributed by atoms with Gasteiger partial charge in [0.05, 0.1) is 4.91 Å². The van der Waals surface area contributed by atoms with Crippen molar-refractivity contribution in [2.45, 2.75) is 27.2 Å². The van der Waals surface area contributed by atoms with Crippen molar-refractivity contribution in [3.05, 3.63) is 62.5 Å². The zero-order valence-electron chi connectivity index (χ0n) is 17.5. The summed E-state index contributed by atoms with van der Waals surface area (Å²) in [5.74, 6) is 0.249. The van der Waals surface area contributed by atoms with Gasteiger partial charge in [0.15, 0.2) is 6.61 Å². The lowest BCUT2D eigenvalue weighted by atomic mass is 10.1. The number of amides is 2. The highest BCUT2D eigenvalue weighted by molar-refractivity contribution is 9.10. The van der Waals surface area contributed by atoms with Crippen LogP contribution in [0.5, 0.6) is 5.75 Å². The number of anilines is 1. The van der Waals surface area contributed by atoms with Gasteiger partial charge in [0.1, 0.15) is 10.1 Å². The second kappa shape index (κ2) is 10.4. The molecular formula is C23H23BrN2O3S2. The van der Waals surface area contributed by atoms with E-state index in [1.54, 1.807) is 23.1 Å². The summed E-state index contributed by atoms with van der Waals surface area (Å²) in [6, 6.07) is 11.2. The molecule has 1 saturated heterocycles. The van der Waals surface area contributed by atoms with Gasteiger partial charge >= 0.3 is 0 Å². The van der Waals surface area contributed by atoms with Crippen molar-refractivity contribution in [2.24, 2.45) is 0 Å². The predicted molar refractivity (Wildman–Crippen MR) is 134 cm³/mol. The maximum atomic E-state index is 12.5. The van der Waals surface area contributed by atoms with Crippen molar-refractivity contribution in [1.29, 1.82) is 0 Å². The van der Waals surface area contributed by atoms with Crippen LogP contribution in [0, 0.1) is 13.8 Å². The molecule has 31 heavy (non-hydrogen) atoms. The molecule has 0 aromatic heterocycles. The van der Waals surface area contributed by atoms with Gasteiger partial charge in [0.2, 0.25) is 0 Å². The third-order valence-corrected chi connectivity index (χ3v) is 6.44. The molecule has 2 aromatic rings. The minimum absolute atomic E-state index is 0.0669. The van der Waals surface area contributed by atoms with E-state index in [1.807, 2.05) is 45.0 Å². The SMILES string of the molecule is CCCN1C(=O)/C(=C/c2cccc(OCC(=O)Nc3c(C)cc(Br)cc3C)c2)SC1=S. The fourth-order valence-corrected chi connectivity index (χ4v) is 5.19. The minimum Gasteiger partial charge on any atom is -0.484 e. The van der Waals surface area contributed by atoms with E-state index in [2.05, 4.69) is 21.2 Å². The molecule has 0 bridgehead atoms. The molecule has 0 aliphatic carbocycles. The number of benzene rings is 2. The highest BCUT2D eigenvalue weighted by atomic mass is 79.9. The van der Waals surface area contributed by atoms with Crippen LogP contribution in [-0.2, 0) is 9.59 Å². The molecule has 1 fully saturated rings. The van der Waals surface area contributed by atoms with Gasteiger partial charge in [0, 0.05) is 16.7 Å². The Bertz CT molecular complexity index is 1050. The van der Waals surface area contributed by atoms with Gasteiger partial charge in [-0.05, 0) is 67.3 Å². The molecule has 8 heteroatoms. The van der Waals surface area contributed by atoms with Crippen LogP contribution in [0.25, 0.3) is 6.08 Å². The standard InChI is InChI=1S/C23H23BrN2O3S2/c1-4-8-26-22(28)19(31-23(26)30)12-16-6-5-7-18(11-16)29-13-20(27)25-21-14(2)9-17(24)10-15(21)3/h5-7,9-12H,4,8,13H2,1-3H3,(H,25,27)/b19-12-. The van der Waals surface area contributed by atoms with Gasteiger partial charge in [-0.3, -0.25) is 14.5 Å². The van der Waals surface area contributed by atoms with Crippen LogP contribution >= 0.6 is 39.9 Å². The van der Waals surface area contributed by atoms with Crippen LogP contribution in [0.3, 0.4) is 0 Å². The first kappa shape index (κ1) is 23.5. The Morgan fingerprint density at radius 2 is 1.97 bits per heavy atom. The maximum absolute atomic E-state index is 12.5. The number of thioether (sulfide) groups is 1. The van der Waals surface area contributed by atoms with E-state index in [-0.39, 0.29) is 18.4 Å². The molecule has 0 spiro atoms. The number of hydrogen-bond donors (Lipinski definition) is 1. The number of nitrogens with one attached hydrogen (secondary N) is 1. The lowest BCUT2D eigenvalue weighted by Crippen LogP contribution is -2.28. The predicted octanol–water partition coefficient (Wildman–Crippen LogP) is 5.69. The van der Waals surface area contributed by atoms with E-state index < -0.39 is 0 Å². The second-order valence-electron chi connectivity index (χ2n) is 7.16. The molecule has 2 aromatic carbocycles. The van der Waals surface area contributed by atoms with Crippen molar-refractivity contribution in [2.75, 3.05) is 18.5 Å². The average molecular weight is 519 g/mol. The van der Waals surface area contributed by atoms with Crippen molar-refractivity contribution in [1.82, 2.24) is 4.90 Å². The number of nitrogens with zero attached hydrogens (tertiary/aromatic N) is 1. The van der Waals surface area contributed by atoms with E-state index in [0.717, 1.165) is 33.3 Å². The van der Waals surface area contributed by atoms with Gasteiger partial charge in [-0.25, -0.2) is 0 Å². The summed E-state index contributed by atoms with van der Waals surface area (Å²) in [4.78, 5) is 27.1. The van der Waals surface area contributed by atoms with Crippen molar-refractivity contribution in [3.63, 3.8) is 0 Å². The molecule has 5 nitrogen and oxygen atoms in total. The van der Waals surface area contributed by atoms with Gasteiger partial charge in [-0.15, -0.1) is 0 Å². The molecule has 1 aliphatic rings. The van der Waals surface area contributed by atoms with Crippen molar-refractivity contribution in [3.8, 4) is 5.75 Å². The Morgan fingerprint density at radius 3 is 2.65 bits per heavy atom. The highest BCUT2D eigenvalue weighted by Gasteiger charge is 2.31. The highest BCUT2D eigenvalue weighted by Crippen LogP contribution is 2.33. The number of ether oxygens (including phenoxy) is 1. The zero-order chi connectivity index (χ0) is 22.5. The number of hydrogen-bond acceptors (Lipinski definition) is 5. The smallest absolute Gasteiger partial charge is 0.266 e. The van der Waals surface area contributed by atoms with Gasteiger partial charge in [-0.1, -0.05) is 59.0 Å². The monoisotopic (exact) mass is 518 g/mol. The largest absolute Gasteiger partial charge is 0.484 e. The number of halogens is 1. The second-order valence-corrected chi connectivity index (χ2v) is 9.75. The minimum atomic E-state index is -0.237. The summed E-state index contributed by atoms with van der Waals surface area (Å²) in [6.45, 7) is 6.41. The molecule has 0 saturated carbocycles. The number of thiocarbonyl (C=S) groups is 1. The summed E-state index contributed by atoms with van der Waals surface area (Å²) in [5.41, 5.74) is 3.55. The van der Waals surface area contributed by atoms with Gasteiger partial charge in [-0.2, -0.15) is 0 Å². The van der Waals surface area contributed by atoms with E-state index in [9.17, 15) is 9.59 Å². The molecule has 1 heterocycles. The lowest BCUT2D eigenvalue weighted by molar-refractivity contribution is -0.122. The fraction of sp³-hybridized carbons (Fsp3) is 0.261. The van der Waals surface area contributed by atoms with Crippen molar-refractivity contribution < 1.29 is 14.3 Å². The Balaban J connectivity index is 1.64. The van der Waals surface area contributed by atoms with Gasteiger partial charge < -0.3 is 10.1 Å². The Morgan fingerprint density at radius 1 is 1.26 bits per heavy atom. The zero-order valence-corrected chi connectivity index (χ0v) is 20.7. The quantitative estimate of drug-likeness (QED) is 0.376. The van der Waals surface area contributed by atoms with E-state index in [1.165, 1.54) is 11.8 Å². The molecule has 162 valence electrons. The van der Waals surface area contributed by atoms with Crippen LogP contribution in [0.15, 0.2) is 45.8 Å². The summed E-state index contributed by atoms with van der Waals surface area (Å²) >= 11 is 10.1. The summed E-state index contributed by atoms with van der Waals surface area (Å²) in [7, 11) is 0. The van der Waals surface area contributed by atoms with E-state index in [4.69, 9.17) is 17.0 Å². The summed E-state index contributed by atoms with van der Waals surface area (Å²) in [5, 5.41) is 2.91. The Labute approximate surface area is 200 Å². The first-order valence-corrected chi connectivity index (χ1v) is 11.8. The first-order chi connectivity index (χ1) is 14.8. The van der Waals surface area contributed by atoms with Crippen LogP contribution in [0.1, 0.15) is 30.0 Å². The molecule has 0 atom stereocenters. The third kappa shape index (κ3) is 5.96. The van der Waals surface area contributed by atoms with Crippen LogP contribution in [0.2, 0.25) is 0 Å². The normalized spacial score (nSPS) is 15.0. The number of carbonyl (C=O) groups excluding carboxylic acids is 2. The topological polar surface area (TPSA) is 58.6 Å². The van der Waals surface area contributed by atoms with Crippen LogP contribution in [0.4, 0.5) is 5.69 Å². The summed E-state index contributed by atoms with van der Waals surface area (Å²) < 4.78 is 7.23. The fourth-order valence-electron chi connectivity index (χ4n) is 3.19. The molecule has 0 radical (unpaired) electrons. The van der Waals surface area contributed by atoms with Gasteiger partial charge in [0.25, 0.3) is 11.8 Å². The maximum Gasteiger partial charge on any atom is 0.266 e. The number of carbonyl (C=O) groups is 2. The van der Waals surface area contributed by atoms with E-state index in [0.29, 0.717) is 21.5 Å². The Kier molecular flexibility index (Phi) is 7.91. The number of aryl methyl sites for hydroxylation is 2. The van der Waals surface area contributed by atoms with Crippen molar-refractivity contribution >= 4 is 67.8 Å². The average Bonchev–Trinajstić information content (AvgIpc) is 2.97.